The number of carbonyl (C=O) groups excluding carboxylic acids is 1. The van der Waals surface area contributed by atoms with E-state index >= 15 is 0 Å². The monoisotopic (exact) mass is 327 g/mol. The van der Waals surface area contributed by atoms with Gasteiger partial charge >= 0.3 is 6.18 Å². The first-order valence-corrected chi connectivity index (χ1v) is 7.75. The number of nitrogens with one attached hydrogen (secondary N) is 1. The molecule has 0 fully saturated rings. The van der Waals surface area contributed by atoms with E-state index < -0.39 is 38.9 Å². The second kappa shape index (κ2) is 6.42. The highest BCUT2D eigenvalue weighted by Gasteiger charge is 2.35. The summed E-state index contributed by atoms with van der Waals surface area (Å²) in [7, 11) is -3.33. The molecule has 0 aromatic heterocycles. The molecule has 0 unspecified atom stereocenters. The van der Waals surface area contributed by atoms with Gasteiger partial charge in [0.15, 0.2) is 9.84 Å². The molecule has 21 heavy (non-hydrogen) atoms. The highest BCUT2D eigenvalue weighted by Crippen LogP contribution is 2.32. The van der Waals surface area contributed by atoms with Gasteiger partial charge in [0.1, 0.15) is 5.82 Å². The molecule has 0 aliphatic heterocycles. The van der Waals surface area contributed by atoms with E-state index in [0.29, 0.717) is 6.07 Å². The van der Waals surface area contributed by atoms with Gasteiger partial charge in [-0.15, -0.1) is 0 Å². The summed E-state index contributed by atoms with van der Waals surface area (Å²) in [5.41, 5.74) is -2.32. The third-order valence-corrected chi connectivity index (χ3v) is 4.39. The molecule has 0 aliphatic rings. The number of rotatable bonds is 5. The molecule has 9 heteroatoms. The van der Waals surface area contributed by atoms with Gasteiger partial charge in [-0.05, 0) is 12.1 Å². The van der Waals surface area contributed by atoms with Gasteiger partial charge in [0.25, 0.3) is 5.91 Å². The van der Waals surface area contributed by atoms with E-state index in [-0.39, 0.29) is 18.1 Å². The van der Waals surface area contributed by atoms with Crippen LogP contribution in [0.2, 0.25) is 0 Å². The molecule has 0 saturated heterocycles. The minimum Gasteiger partial charge on any atom is -0.351 e. The standard InChI is InChI=1S/C12H13F4NO3S/c1-2-21(19,20)7-6-17-11(18)8-4-3-5-9(10(8)13)12(14,15)16/h3-5H,2,6-7H2,1H3,(H,17,18). The maximum atomic E-state index is 13.6. The number of amides is 1. The number of halogens is 4. The van der Waals surface area contributed by atoms with E-state index in [2.05, 4.69) is 5.32 Å². The highest BCUT2D eigenvalue weighted by atomic mass is 32.2. The van der Waals surface area contributed by atoms with Crippen LogP contribution < -0.4 is 5.32 Å². The predicted octanol–water partition coefficient (Wildman–Crippen LogP) is 2.01. The maximum absolute atomic E-state index is 13.6. The van der Waals surface area contributed by atoms with Crippen LogP contribution >= 0.6 is 0 Å². The van der Waals surface area contributed by atoms with Gasteiger partial charge in [0.2, 0.25) is 0 Å². The van der Waals surface area contributed by atoms with Crippen LogP contribution in [0.25, 0.3) is 0 Å². The fourth-order valence-electron chi connectivity index (χ4n) is 1.49. The van der Waals surface area contributed by atoms with Gasteiger partial charge in [0, 0.05) is 12.3 Å². The van der Waals surface area contributed by atoms with Crippen molar-refractivity contribution in [2.45, 2.75) is 13.1 Å². The van der Waals surface area contributed by atoms with Crippen molar-refractivity contribution in [2.24, 2.45) is 0 Å². The first kappa shape index (κ1) is 17.4. The Hall–Kier alpha value is -1.64. The van der Waals surface area contributed by atoms with Gasteiger partial charge in [-0.1, -0.05) is 13.0 Å². The van der Waals surface area contributed by atoms with Crippen molar-refractivity contribution in [2.75, 3.05) is 18.1 Å². The molecular weight excluding hydrogens is 314 g/mol. The van der Waals surface area contributed by atoms with Crippen LogP contribution in [0, 0.1) is 5.82 Å². The topological polar surface area (TPSA) is 63.2 Å². The zero-order valence-electron chi connectivity index (χ0n) is 11.0. The molecule has 0 spiro atoms. The van der Waals surface area contributed by atoms with E-state index in [0.717, 1.165) is 12.1 Å². The fourth-order valence-corrected chi connectivity index (χ4v) is 2.19. The van der Waals surface area contributed by atoms with E-state index in [1.54, 1.807) is 0 Å². The summed E-state index contributed by atoms with van der Waals surface area (Å²) in [5.74, 6) is -3.26. The number of carbonyl (C=O) groups is 1. The number of sulfone groups is 1. The molecule has 0 saturated carbocycles. The van der Waals surface area contributed by atoms with Gasteiger partial charge in [-0.2, -0.15) is 13.2 Å². The van der Waals surface area contributed by atoms with Gasteiger partial charge < -0.3 is 5.32 Å². The Morgan fingerprint density at radius 3 is 2.43 bits per heavy atom. The summed E-state index contributed by atoms with van der Waals surface area (Å²) in [4.78, 5) is 11.6. The Morgan fingerprint density at radius 2 is 1.90 bits per heavy atom. The Bertz CT molecular complexity index is 626. The summed E-state index contributed by atoms with van der Waals surface area (Å²) in [6, 6.07) is 2.32. The Labute approximate surface area is 119 Å². The third kappa shape index (κ3) is 4.69. The second-order valence-corrected chi connectivity index (χ2v) is 6.63. The molecule has 1 amide bonds. The quantitative estimate of drug-likeness (QED) is 0.842. The Morgan fingerprint density at radius 1 is 1.29 bits per heavy atom. The highest BCUT2D eigenvalue weighted by molar-refractivity contribution is 7.91. The van der Waals surface area contributed by atoms with Crippen LogP contribution in [0.5, 0.6) is 0 Å². The smallest absolute Gasteiger partial charge is 0.351 e. The molecule has 118 valence electrons. The second-order valence-electron chi connectivity index (χ2n) is 4.16. The van der Waals surface area contributed by atoms with Crippen LogP contribution in [0.4, 0.5) is 17.6 Å². The number of alkyl halides is 3. The first-order valence-electron chi connectivity index (χ1n) is 5.93. The minimum atomic E-state index is -4.91. The molecule has 0 bridgehead atoms. The molecular formula is C12H13F4NO3S. The zero-order valence-corrected chi connectivity index (χ0v) is 11.8. The number of benzene rings is 1. The lowest BCUT2D eigenvalue weighted by molar-refractivity contribution is -0.140. The summed E-state index contributed by atoms with van der Waals surface area (Å²) in [6.45, 7) is 1.12. The summed E-state index contributed by atoms with van der Waals surface area (Å²) >= 11 is 0. The third-order valence-electron chi connectivity index (χ3n) is 2.69. The lowest BCUT2D eigenvalue weighted by atomic mass is 10.1. The predicted molar refractivity (Wildman–Crippen MR) is 68.1 cm³/mol. The number of hydrogen-bond acceptors (Lipinski definition) is 3. The van der Waals surface area contributed by atoms with Crippen molar-refractivity contribution in [1.82, 2.24) is 5.32 Å². The van der Waals surface area contributed by atoms with Crippen LogP contribution in [0.3, 0.4) is 0 Å². The molecule has 1 aromatic carbocycles. The molecule has 1 aromatic rings. The molecule has 4 nitrogen and oxygen atoms in total. The van der Waals surface area contributed by atoms with Gasteiger partial charge in [0.05, 0.1) is 16.9 Å². The zero-order chi connectivity index (χ0) is 16.3. The van der Waals surface area contributed by atoms with Crippen molar-refractivity contribution in [3.05, 3.63) is 35.1 Å². The van der Waals surface area contributed by atoms with E-state index in [1.807, 2.05) is 0 Å². The molecule has 1 rings (SSSR count). The van der Waals surface area contributed by atoms with Crippen LogP contribution in [-0.2, 0) is 16.0 Å². The van der Waals surface area contributed by atoms with Crippen molar-refractivity contribution in [3.63, 3.8) is 0 Å². The summed E-state index contributed by atoms with van der Waals surface area (Å²) < 4.78 is 73.5. The average Bonchev–Trinajstić information content (AvgIpc) is 2.37. The minimum absolute atomic E-state index is 0.124. The Kier molecular flexibility index (Phi) is 5.32. The SMILES string of the molecule is CCS(=O)(=O)CCNC(=O)c1cccc(C(F)(F)F)c1F. The molecule has 0 atom stereocenters. The van der Waals surface area contributed by atoms with Crippen LogP contribution in [-0.4, -0.2) is 32.4 Å². The average molecular weight is 327 g/mol. The summed E-state index contributed by atoms with van der Waals surface area (Å²) in [6.07, 6.45) is -4.91. The van der Waals surface area contributed by atoms with Crippen LogP contribution in [0.1, 0.15) is 22.8 Å². The maximum Gasteiger partial charge on any atom is 0.419 e. The fraction of sp³-hybridized carbons (Fsp3) is 0.417. The van der Waals surface area contributed by atoms with E-state index in [9.17, 15) is 30.8 Å². The summed E-state index contributed by atoms with van der Waals surface area (Å²) in [5, 5.41) is 2.08. The van der Waals surface area contributed by atoms with Crippen molar-refractivity contribution in [3.8, 4) is 0 Å². The van der Waals surface area contributed by atoms with Crippen LogP contribution in [0.15, 0.2) is 18.2 Å². The first-order chi connectivity index (χ1) is 9.58. The van der Waals surface area contributed by atoms with E-state index in [4.69, 9.17) is 0 Å². The lowest BCUT2D eigenvalue weighted by Crippen LogP contribution is -2.30. The van der Waals surface area contributed by atoms with Crippen molar-refractivity contribution in [1.29, 1.82) is 0 Å². The van der Waals surface area contributed by atoms with Gasteiger partial charge in [-0.3, -0.25) is 4.79 Å². The molecule has 0 aliphatic carbocycles. The molecule has 0 radical (unpaired) electrons. The van der Waals surface area contributed by atoms with Gasteiger partial charge in [-0.25, -0.2) is 12.8 Å². The van der Waals surface area contributed by atoms with Crippen molar-refractivity contribution < 1.29 is 30.8 Å². The van der Waals surface area contributed by atoms with Crippen molar-refractivity contribution >= 4 is 15.7 Å². The molecule has 1 N–H and O–H groups in total. The normalized spacial score (nSPS) is 12.2. The largest absolute Gasteiger partial charge is 0.419 e. The lowest BCUT2D eigenvalue weighted by Gasteiger charge is -2.11. The molecule has 0 heterocycles. The van der Waals surface area contributed by atoms with E-state index in [1.165, 1.54) is 6.92 Å². The Balaban J connectivity index is 2.85. The number of hydrogen-bond donors (Lipinski definition) is 1.